The zero-order chi connectivity index (χ0) is 18.5. The lowest BCUT2D eigenvalue weighted by Gasteiger charge is -2.14. The van der Waals surface area contributed by atoms with E-state index in [0.717, 1.165) is 12.2 Å². The van der Waals surface area contributed by atoms with E-state index < -0.39 is 0 Å². The molecule has 3 aromatic rings. The van der Waals surface area contributed by atoms with Crippen molar-refractivity contribution in [3.05, 3.63) is 65.2 Å². The van der Waals surface area contributed by atoms with Crippen LogP contribution in [0.4, 0.5) is 0 Å². The maximum atomic E-state index is 12.5. The van der Waals surface area contributed by atoms with Crippen LogP contribution in [-0.2, 0) is 19.8 Å². The predicted octanol–water partition coefficient (Wildman–Crippen LogP) is 3.06. The van der Waals surface area contributed by atoms with Gasteiger partial charge in [-0.05, 0) is 37.3 Å². The van der Waals surface area contributed by atoms with Gasteiger partial charge in [0.1, 0.15) is 5.75 Å². The van der Waals surface area contributed by atoms with Crippen LogP contribution in [-0.4, -0.2) is 37.4 Å². The van der Waals surface area contributed by atoms with Crippen molar-refractivity contribution in [1.82, 2.24) is 24.5 Å². The number of rotatable bonds is 7. The molecule has 0 saturated heterocycles. The first-order valence-electron chi connectivity index (χ1n) is 8.25. The highest BCUT2D eigenvalue weighted by molar-refractivity contribution is 6.30. The van der Waals surface area contributed by atoms with Gasteiger partial charge in [0, 0.05) is 31.0 Å². The number of hydrogen-bond donors (Lipinski definition) is 0. The number of nitrogens with zero attached hydrogens (tertiary/aromatic N) is 5. The van der Waals surface area contributed by atoms with E-state index in [0.29, 0.717) is 23.0 Å². The van der Waals surface area contributed by atoms with Crippen LogP contribution in [0.25, 0.3) is 0 Å². The molecule has 0 aliphatic rings. The molecule has 1 aromatic carbocycles. The fraction of sp³-hybridized carbons (Fsp3) is 0.278. The van der Waals surface area contributed by atoms with Crippen LogP contribution in [0.2, 0.25) is 5.02 Å². The number of halogens is 1. The fourth-order valence-corrected chi connectivity index (χ4v) is 2.60. The first kappa shape index (κ1) is 18.0. The van der Waals surface area contributed by atoms with Gasteiger partial charge in [0.15, 0.2) is 12.4 Å². The standard InChI is InChI=1S/C18H20ClN5O2/c1-3-23-9-7-15(20-23)12-22(2)18(25)17-8-10-24(21-17)13-26-16-6-4-5-14(19)11-16/h4-11H,3,12-13H2,1-2H3. The van der Waals surface area contributed by atoms with E-state index in [1.54, 1.807) is 41.0 Å². The van der Waals surface area contributed by atoms with E-state index in [1.807, 2.05) is 36.0 Å². The number of carbonyl (C=O) groups is 1. The predicted molar refractivity (Wildman–Crippen MR) is 98.0 cm³/mol. The van der Waals surface area contributed by atoms with Gasteiger partial charge in [-0.3, -0.25) is 9.48 Å². The second-order valence-corrected chi connectivity index (χ2v) is 6.23. The van der Waals surface area contributed by atoms with Crippen LogP contribution in [0.15, 0.2) is 48.8 Å². The van der Waals surface area contributed by atoms with Crippen molar-refractivity contribution in [3.8, 4) is 5.75 Å². The van der Waals surface area contributed by atoms with Crippen molar-refractivity contribution < 1.29 is 9.53 Å². The number of ether oxygens (including phenoxy) is 1. The minimum Gasteiger partial charge on any atom is -0.471 e. The first-order chi connectivity index (χ1) is 12.5. The van der Waals surface area contributed by atoms with Gasteiger partial charge in [-0.1, -0.05) is 17.7 Å². The minimum absolute atomic E-state index is 0.169. The lowest BCUT2D eigenvalue weighted by Crippen LogP contribution is -2.27. The Morgan fingerprint density at radius 3 is 2.73 bits per heavy atom. The normalized spacial score (nSPS) is 10.7. The van der Waals surface area contributed by atoms with Gasteiger partial charge in [0.05, 0.1) is 12.2 Å². The van der Waals surface area contributed by atoms with Crippen LogP contribution in [0, 0.1) is 0 Å². The first-order valence-corrected chi connectivity index (χ1v) is 8.62. The maximum Gasteiger partial charge on any atom is 0.274 e. The van der Waals surface area contributed by atoms with Gasteiger partial charge in [0.25, 0.3) is 5.91 Å². The highest BCUT2D eigenvalue weighted by atomic mass is 35.5. The zero-order valence-corrected chi connectivity index (χ0v) is 15.4. The molecule has 0 fully saturated rings. The molecule has 3 rings (SSSR count). The van der Waals surface area contributed by atoms with E-state index in [2.05, 4.69) is 10.2 Å². The summed E-state index contributed by atoms with van der Waals surface area (Å²) in [6, 6.07) is 10.7. The third-order valence-electron chi connectivity index (χ3n) is 3.79. The Morgan fingerprint density at radius 2 is 2.00 bits per heavy atom. The summed E-state index contributed by atoms with van der Waals surface area (Å²) >= 11 is 5.93. The van der Waals surface area contributed by atoms with Gasteiger partial charge in [0.2, 0.25) is 0 Å². The summed E-state index contributed by atoms with van der Waals surface area (Å²) in [4.78, 5) is 14.1. The summed E-state index contributed by atoms with van der Waals surface area (Å²) < 4.78 is 9.01. The number of benzene rings is 1. The molecule has 0 unspecified atom stereocenters. The summed E-state index contributed by atoms with van der Waals surface area (Å²) in [5.74, 6) is 0.474. The quantitative estimate of drug-likeness (QED) is 0.638. The van der Waals surface area contributed by atoms with Gasteiger partial charge in [-0.25, -0.2) is 4.68 Å². The summed E-state index contributed by atoms with van der Waals surface area (Å²) in [6.07, 6.45) is 3.60. The van der Waals surface area contributed by atoms with Crippen molar-refractivity contribution in [1.29, 1.82) is 0 Å². The largest absolute Gasteiger partial charge is 0.471 e. The molecule has 2 heterocycles. The van der Waals surface area contributed by atoms with E-state index >= 15 is 0 Å². The number of aryl methyl sites for hydroxylation is 1. The summed E-state index contributed by atoms with van der Waals surface area (Å²) in [5, 5.41) is 9.26. The van der Waals surface area contributed by atoms with Crippen LogP contribution in [0.1, 0.15) is 23.1 Å². The molecular formula is C18H20ClN5O2. The summed E-state index contributed by atoms with van der Waals surface area (Å²) in [5.41, 5.74) is 1.20. The van der Waals surface area contributed by atoms with Crippen molar-refractivity contribution >= 4 is 17.5 Å². The lowest BCUT2D eigenvalue weighted by atomic mass is 10.3. The third-order valence-corrected chi connectivity index (χ3v) is 4.02. The van der Waals surface area contributed by atoms with Gasteiger partial charge in [-0.2, -0.15) is 10.2 Å². The summed E-state index contributed by atoms with van der Waals surface area (Å²) in [7, 11) is 1.73. The Morgan fingerprint density at radius 1 is 1.19 bits per heavy atom. The Labute approximate surface area is 156 Å². The van der Waals surface area contributed by atoms with Crippen molar-refractivity contribution in [2.75, 3.05) is 7.05 Å². The molecule has 0 bridgehead atoms. The molecule has 0 radical (unpaired) electrons. The molecule has 7 nitrogen and oxygen atoms in total. The minimum atomic E-state index is -0.169. The van der Waals surface area contributed by atoms with Crippen molar-refractivity contribution in [3.63, 3.8) is 0 Å². The van der Waals surface area contributed by atoms with Gasteiger partial charge in [-0.15, -0.1) is 0 Å². The van der Waals surface area contributed by atoms with Crippen LogP contribution >= 0.6 is 11.6 Å². The third kappa shape index (κ3) is 4.43. The van der Waals surface area contributed by atoms with E-state index in [1.165, 1.54) is 0 Å². The SMILES string of the molecule is CCn1ccc(CN(C)C(=O)c2ccn(COc3cccc(Cl)c3)n2)n1. The molecule has 0 spiro atoms. The Bertz CT molecular complexity index is 889. The molecule has 0 aliphatic heterocycles. The average Bonchev–Trinajstić information content (AvgIpc) is 3.28. The Hall–Kier alpha value is -2.80. The smallest absolute Gasteiger partial charge is 0.274 e. The van der Waals surface area contributed by atoms with E-state index in [4.69, 9.17) is 16.3 Å². The van der Waals surface area contributed by atoms with Crippen molar-refractivity contribution in [2.24, 2.45) is 0 Å². The lowest BCUT2D eigenvalue weighted by molar-refractivity contribution is 0.0775. The highest BCUT2D eigenvalue weighted by Crippen LogP contribution is 2.17. The van der Waals surface area contributed by atoms with Crippen molar-refractivity contribution in [2.45, 2.75) is 26.7 Å². The molecule has 0 saturated carbocycles. The highest BCUT2D eigenvalue weighted by Gasteiger charge is 2.16. The molecule has 8 heteroatoms. The molecule has 2 aromatic heterocycles. The maximum absolute atomic E-state index is 12.5. The number of amides is 1. The molecule has 136 valence electrons. The number of aromatic nitrogens is 4. The molecule has 0 atom stereocenters. The number of hydrogen-bond acceptors (Lipinski definition) is 4. The monoisotopic (exact) mass is 373 g/mol. The zero-order valence-electron chi connectivity index (χ0n) is 14.7. The Balaban J connectivity index is 1.58. The van der Waals surface area contributed by atoms with Gasteiger partial charge >= 0.3 is 0 Å². The van der Waals surface area contributed by atoms with Crippen LogP contribution in [0.5, 0.6) is 5.75 Å². The fourth-order valence-electron chi connectivity index (χ4n) is 2.42. The molecule has 26 heavy (non-hydrogen) atoms. The van der Waals surface area contributed by atoms with E-state index in [9.17, 15) is 4.79 Å². The van der Waals surface area contributed by atoms with Crippen LogP contribution < -0.4 is 4.74 Å². The molecule has 0 aliphatic carbocycles. The molecule has 1 amide bonds. The Kier molecular flexibility index (Phi) is 5.58. The topological polar surface area (TPSA) is 65.2 Å². The summed E-state index contributed by atoms with van der Waals surface area (Å²) in [6.45, 7) is 3.44. The average molecular weight is 374 g/mol. The molecule has 0 N–H and O–H groups in total. The van der Waals surface area contributed by atoms with E-state index in [-0.39, 0.29) is 12.6 Å². The van der Waals surface area contributed by atoms with Crippen LogP contribution in [0.3, 0.4) is 0 Å². The second kappa shape index (κ2) is 8.05. The number of carbonyl (C=O) groups excluding carboxylic acids is 1. The second-order valence-electron chi connectivity index (χ2n) is 5.80. The van der Waals surface area contributed by atoms with Gasteiger partial charge < -0.3 is 9.64 Å². The molecular weight excluding hydrogens is 354 g/mol.